The van der Waals surface area contributed by atoms with Crippen molar-refractivity contribution in [2.75, 3.05) is 13.2 Å². The normalized spacial score (nSPS) is 27.6. The Bertz CT molecular complexity index is 458. The summed E-state index contributed by atoms with van der Waals surface area (Å²) in [5.41, 5.74) is -0.407. The molecule has 1 fully saturated rings. The Morgan fingerprint density at radius 2 is 2.09 bits per heavy atom. The van der Waals surface area contributed by atoms with Crippen LogP contribution in [0.25, 0.3) is 0 Å². The first kappa shape index (κ1) is 18.5. The molecule has 0 saturated heterocycles. The molecule has 0 spiro atoms. The summed E-state index contributed by atoms with van der Waals surface area (Å²) in [6.07, 6.45) is -1.38. The van der Waals surface area contributed by atoms with Crippen LogP contribution in [0.5, 0.6) is 0 Å². The Kier molecular flexibility index (Phi) is 5.65. The number of isocyanates is 1. The van der Waals surface area contributed by atoms with Crippen LogP contribution in [-0.2, 0) is 9.53 Å². The quantitative estimate of drug-likeness (QED) is 0.600. The molecule has 1 rings (SSSR count). The molecule has 0 aliphatic heterocycles. The number of ether oxygens (including phenoxy) is 1. The Morgan fingerprint density at radius 1 is 1.45 bits per heavy atom. The van der Waals surface area contributed by atoms with Crippen molar-refractivity contribution in [3.63, 3.8) is 0 Å². The number of alkyl halides is 2. The second-order valence-corrected chi connectivity index (χ2v) is 7.03. The van der Waals surface area contributed by atoms with E-state index in [2.05, 4.69) is 15.0 Å². The molecule has 1 amide bonds. The molecule has 0 radical (unpaired) electrons. The van der Waals surface area contributed by atoms with Gasteiger partial charge in [0.25, 0.3) is 0 Å². The molecule has 126 valence electrons. The van der Waals surface area contributed by atoms with Crippen LogP contribution in [0.4, 0.5) is 13.6 Å². The van der Waals surface area contributed by atoms with Gasteiger partial charge < -0.3 is 15.2 Å². The minimum Gasteiger partial charge on any atom is -0.440 e. The van der Waals surface area contributed by atoms with Crippen molar-refractivity contribution in [3.8, 4) is 0 Å². The van der Waals surface area contributed by atoms with Gasteiger partial charge in [0.1, 0.15) is 0 Å². The number of aliphatic hydroxyl groups is 1. The fourth-order valence-corrected chi connectivity index (χ4v) is 3.37. The smallest absolute Gasteiger partial charge is 0.407 e. The van der Waals surface area contributed by atoms with Crippen LogP contribution in [0.3, 0.4) is 0 Å². The van der Waals surface area contributed by atoms with Crippen molar-refractivity contribution < 1.29 is 28.2 Å². The highest BCUT2D eigenvalue weighted by atomic mass is 19.3. The maximum absolute atomic E-state index is 12.2. The van der Waals surface area contributed by atoms with Gasteiger partial charge in [-0.2, -0.15) is 8.78 Å². The zero-order valence-corrected chi connectivity index (χ0v) is 13.0. The number of amides is 1. The summed E-state index contributed by atoms with van der Waals surface area (Å²) in [6.45, 7) is 4.84. The van der Waals surface area contributed by atoms with Gasteiger partial charge in [-0.15, -0.1) is 0 Å². The zero-order valence-electron chi connectivity index (χ0n) is 13.0. The number of alkyl carbamates (subject to hydrolysis) is 1. The van der Waals surface area contributed by atoms with E-state index < -0.39 is 18.8 Å². The Labute approximate surface area is 127 Å². The summed E-state index contributed by atoms with van der Waals surface area (Å²) in [5.74, 6) is 0. The third kappa shape index (κ3) is 6.49. The van der Waals surface area contributed by atoms with E-state index >= 15 is 0 Å². The molecule has 0 bridgehead atoms. The maximum Gasteiger partial charge on any atom is 0.407 e. The SMILES string of the molecule is CC1(C)CC(N=C=O)CC(C)(CNC(=O)OCC(O)(F)F)C1. The largest absolute Gasteiger partial charge is 0.440 e. The molecule has 0 aromatic heterocycles. The van der Waals surface area contributed by atoms with Crippen LogP contribution in [0.1, 0.15) is 40.0 Å². The number of carbonyl (C=O) groups excluding carboxylic acids is 2. The summed E-state index contributed by atoms with van der Waals surface area (Å²) in [6, 6.07) is -0.175. The number of halogens is 2. The molecule has 6 nitrogen and oxygen atoms in total. The topological polar surface area (TPSA) is 88.0 Å². The predicted molar refractivity (Wildman–Crippen MR) is 74.2 cm³/mol. The standard InChI is InChI=1S/C14H22F2N2O4/c1-12(2)4-10(18-9-19)5-13(3,6-12)7-17-11(20)22-8-14(15,16)21/h10,21H,4-8H2,1-3H3,(H,17,20). The number of hydrogen-bond acceptors (Lipinski definition) is 5. The van der Waals surface area contributed by atoms with Gasteiger partial charge in [-0.3, -0.25) is 0 Å². The number of aliphatic imine (C=N–C) groups is 1. The first-order chi connectivity index (χ1) is 9.95. The van der Waals surface area contributed by atoms with E-state index in [1.807, 2.05) is 20.8 Å². The Hall–Kier alpha value is -1.53. The van der Waals surface area contributed by atoms with Crippen LogP contribution >= 0.6 is 0 Å². The summed E-state index contributed by atoms with van der Waals surface area (Å²) in [5, 5.41) is 10.6. The molecule has 22 heavy (non-hydrogen) atoms. The van der Waals surface area contributed by atoms with Crippen LogP contribution in [0.2, 0.25) is 0 Å². The molecule has 1 saturated carbocycles. The second-order valence-electron chi connectivity index (χ2n) is 7.03. The molecule has 0 heterocycles. The van der Waals surface area contributed by atoms with Crippen molar-refractivity contribution in [1.82, 2.24) is 5.32 Å². The molecule has 2 atom stereocenters. The van der Waals surface area contributed by atoms with E-state index in [1.165, 1.54) is 0 Å². The molecule has 8 heteroatoms. The minimum atomic E-state index is -4.04. The molecule has 2 unspecified atom stereocenters. The third-order valence-corrected chi connectivity index (χ3v) is 3.69. The average Bonchev–Trinajstić information content (AvgIpc) is 2.31. The Balaban J connectivity index is 2.58. The molecular weight excluding hydrogens is 298 g/mol. The van der Waals surface area contributed by atoms with E-state index in [-0.39, 0.29) is 23.4 Å². The summed E-state index contributed by atoms with van der Waals surface area (Å²) < 4.78 is 28.6. The van der Waals surface area contributed by atoms with Crippen molar-refractivity contribution in [2.45, 2.75) is 52.2 Å². The van der Waals surface area contributed by atoms with Gasteiger partial charge in [0.05, 0.1) is 6.04 Å². The van der Waals surface area contributed by atoms with Gasteiger partial charge in [-0.25, -0.2) is 14.6 Å². The van der Waals surface area contributed by atoms with Crippen LogP contribution in [-0.4, -0.2) is 42.6 Å². The van der Waals surface area contributed by atoms with E-state index in [4.69, 9.17) is 5.11 Å². The van der Waals surface area contributed by atoms with Gasteiger partial charge in [0.15, 0.2) is 6.61 Å². The number of nitrogens with zero attached hydrogens (tertiary/aromatic N) is 1. The average molecular weight is 320 g/mol. The van der Waals surface area contributed by atoms with Crippen molar-refractivity contribution in [3.05, 3.63) is 0 Å². The molecule has 0 aromatic carbocycles. The lowest BCUT2D eigenvalue weighted by molar-refractivity contribution is -0.221. The highest BCUT2D eigenvalue weighted by Gasteiger charge is 2.41. The number of rotatable bonds is 5. The minimum absolute atomic E-state index is 0.0677. The van der Waals surface area contributed by atoms with Crippen LogP contribution in [0.15, 0.2) is 4.99 Å². The van der Waals surface area contributed by atoms with Gasteiger partial charge in [0.2, 0.25) is 6.08 Å². The van der Waals surface area contributed by atoms with E-state index in [1.54, 1.807) is 6.08 Å². The number of nitrogens with one attached hydrogen (secondary N) is 1. The van der Waals surface area contributed by atoms with Crippen LogP contribution in [0, 0.1) is 10.8 Å². The van der Waals surface area contributed by atoms with Gasteiger partial charge in [-0.05, 0) is 30.1 Å². The second kappa shape index (κ2) is 6.71. The monoisotopic (exact) mass is 320 g/mol. The summed E-state index contributed by atoms with van der Waals surface area (Å²) >= 11 is 0. The first-order valence-electron chi connectivity index (χ1n) is 7.03. The van der Waals surface area contributed by atoms with Crippen LogP contribution < -0.4 is 5.32 Å². The van der Waals surface area contributed by atoms with Gasteiger partial charge in [0, 0.05) is 6.54 Å². The Morgan fingerprint density at radius 3 is 2.64 bits per heavy atom. The molecule has 1 aliphatic rings. The third-order valence-electron chi connectivity index (χ3n) is 3.69. The van der Waals surface area contributed by atoms with Crippen molar-refractivity contribution >= 4 is 12.2 Å². The lowest BCUT2D eigenvalue weighted by atomic mass is 9.63. The van der Waals surface area contributed by atoms with E-state index in [0.29, 0.717) is 6.42 Å². The fraction of sp³-hybridized carbons (Fsp3) is 0.857. The van der Waals surface area contributed by atoms with Crippen molar-refractivity contribution in [2.24, 2.45) is 15.8 Å². The molecule has 1 aliphatic carbocycles. The zero-order chi connectivity index (χ0) is 17.0. The number of carbonyl (C=O) groups is 1. The van der Waals surface area contributed by atoms with Gasteiger partial charge in [-0.1, -0.05) is 20.8 Å². The fourth-order valence-electron chi connectivity index (χ4n) is 3.37. The van der Waals surface area contributed by atoms with Crippen molar-refractivity contribution in [1.29, 1.82) is 0 Å². The predicted octanol–water partition coefficient (Wildman–Crippen LogP) is 2.22. The lowest BCUT2D eigenvalue weighted by Gasteiger charge is -2.45. The molecule has 2 N–H and O–H groups in total. The first-order valence-corrected chi connectivity index (χ1v) is 7.03. The summed E-state index contributed by atoms with van der Waals surface area (Å²) in [7, 11) is 0. The maximum atomic E-state index is 12.2. The summed E-state index contributed by atoms with van der Waals surface area (Å²) in [4.78, 5) is 25.6. The highest BCUT2D eigenvalue weighted by molar-refractivity contribution is 5.67. The number of hydrogen-bond donors (Lipinski definition) is 2. The van der Waals surface area contributed by atoms with E-state index in [0.717, 1.165) is 12.8 Å². The lowest BCUT2D eigenvalue weighted by Crippen LogP contribution is -2.45. The van der Waals surface area contributed by atoms with E-state index in [9.17, 15) is 18.4 Å². The molecule has 0 aromatic rings. The van der Waals surface area contributed by atoms with Gasteiger partial charge >= 0.3 is 12.2 Å². The molecular formula is C14H22F2N2O4. The highest BCUT2D eigenvalue weighted by Crippen LogP contribution is 2.46.